The number of allylic oxidation sites excluding steroid dienone is 1. The third-order valence-electron chi connectivity index (χ3n) is 3.60. The van der Waals surface area contributed by atoms with Gasteiger partial charge in [0.05, 0.1) is 11.4 Å². The highest BCUT2D eigenvalue weighted by molar-refractivity contribution is 8.03. The summed E-state index contributed by atoms with van der Waals surface area (Å²) in [4.78, 5) is 15.4. The van der Waals surface area contributed by atoms with E-state index in [1.807, 2.05) is 30.3 Å². The van der Waals surface area contributed by atoms with E-state index in [-0.39, 0.29) is 16.2 Å². The molecule has 0 bridgehead atoms. The van der Waals surface area contributed by atoms with Crippen LogP contribution in [0.2, 0.25) is 0 Å². The van der Waals surface area contributed by atoms with Crippen molar-refractivity contribution in [2.24, 2.45) is 0 Å². The van der Waals surface area contributed by atoms with Gasteiger partial charge < -0.3 is 4.90 Å². The number of nitriles is 1. The topological polar surface area (TPSA) is 44.1 Å². The number of ketones is 1. The molecule has 0 N–H and O–H groups in total. The van der Waals surface area contributed by atoms with Crippen molar-refractivity contribution in [3.63, 3.8) is 0 Å². The Balaban J connectivity index is 1.80. The van der Waals surface area contributed by atoms with Crippen LogP contribution in [0.3, 0.4) is 0 Å². The van der Waals surface area contributed by atoms with Gasteiger partial charge in [0, 0.05) is 22.9 Å². The van der Waals surface area contributed by atoms with Crippen molar-refractivity contribution in [3.8, 4) is 6.07 Å². The number of carbonyl (C=O) groups is 1. The lowest BCUT2D eigenvalue weighted by molar-refractivity contribution is -0.112. The number of nitrogens with zero attached hydrogens (tertiary/aromatic N) is 2. The molecule has 7 heteroatoms. The largest absolute Gasteiger partial charge is 0.337 e. The second kappa shape index (κ2) is 7.30. The molecule has 3 rings (SSSR count). The molecule has 0 unspecified atom stereocenters. The van der Waals surface area contributed by atoms with E-state index in [0.717, 1.165) is 34.5 Å². The van der Waals surface area contributed by atoms with Crippen LogP contribution in [0.1, 0.15) is 0 Å². The predicted molar refractivity (Wildman–Crippen MR) is 95.4 cm³/mol. The van der Waals surface area contributed by atoms with Crippen molar-refractivity contribution in [1.82, 2.24) is 0 Å². The van der Waals surface area contributed by atoms with Gasteiger partial charge in [-0.3, -0.25) is 4.79 Å². The molecule has 0 saturated carbocycles. The third kappa shape index (κ3) is 3.55. The number of hydrogen-bond donors (Lipinski definition) is 0. The maximum absolute atomic E-state index is 13.7. The summed E-state index contributed by atoms with van der Waals surface area (Å²) in [5, 5.41) is 10.0. The van der Waals surface area contributed by atoms with E-state index in [4.69, 9.17) is 0 Å². The average Bonchev–Trinajstić information content (AvgIpc) is 2.92. The van der Waals surface area contributed by atoms with Gasteiger partial charge in [0.15, 0.2) is 5.78 Å². The van der Waals surface area contributed by atoms with Crippen LogP contribution in [0.4, 0.5) is 14.5 Å². The van der Waals surface area contributed by atoms with Gasteiger partial charge in [0.1, 0.15) is 28.3 Å². The van der Waals surface area contributed by atoms with Gasteiger partial charge in [-0.15, -0.1) is 11.8 Å². The van der Waals surface area contributed by atoms with E-state index < -0.39 is 17.4 Å². The zero-order chi connectivity index (χ0) is 18.0. The first kappa shape index (κ1) is 17.5. The first-order chi connectivity index (χ1) is 12.0. The van der Waals surface area contributed by atoms with Crippen molar-refractivity contribution in [1.29, 1.82) is 5.26 Å². The quantitative estimate of drug-likeness (QED) is 0.444. The Hall–Kier alpha value is -2.30. The Bertz CT molecular complexity index is 922. The first-order valence-corrected chi connectivity index (χ1v) is 9.07. The Labute approximate surface area is 152 Å². The Kier molecular flexibility index (Phi) is 5.11. The van der Waals surface area contributed by atoms with Crippen molar-refractivity contribution >= 4 is 35.0 Å². The molecule has 3 nitrogen and oxygen atoms in total. The third-order valence-corrected chi connectivity index (χ3v) is 5.88. The summed E-state index contributed by atoms with van der Waals surface area (Å²) in [5.41, 5.74) is 0.971. The highest BCUT2D eigenvalue weighted by atomic mass is 32.2. The van der Waals surface area contributed by atoms with Crippen molar-refractivity contribution in [2.45, 2.75) is 9.79 Å². The van der Waals surface area contributed by atoms with Crippen molar-refractivity contribution < 1.29 is 13.6 Å². The maximum Gasteiger partial charge on any atom is 0.186 e. The number of fused-ring (bicyclic) bond motifs is 1. The Morgan fingerprint density at radius 1 is 1.28 bits per heavy atom. The molecular formula is C18H12F2N2OS2. The van der Waals surface area contributed by atoms with Crippen LogP contribution in [-0.4, -0.2) is 18.6 Å². The molecule has 0 aliphatic carbocycles. The zero-order valence-corrected chi connectivity index (χ0v) is 14.8. The number of Topliss-reactive ketones (excluding diaryl/α,β-unsaturated/α-hetero) is 1. The fourth-order valence-electron chi connectivity index (χ4n) is 2.36. The second-order valence-electron chi connectivity index (χ2n) is 5.21. The van der Waals surface area contributed by atoms with Crippen LogP contribution in [-0.2, 0) is 4.79 Å². The molecular weight excluding hydrogens is 362 g/mol. The predicted octanol–water partition coefficient (Wildman–Crippen LogP) is 4.60. The lowest BCUT2D eigenvalue weighted by atomic mass is 10.2. The molecule has 0 atom stereocenters. The molecule has 25 heavy (non-hydrogen) atoms. The van der Waals surface area contributed by atoms with Gasteiger partial charge in [0.25, 0.3) is 0 Å². The molecule has 0 saturated heterocycles. The van der Waals surface area contributed by atoms with E-state index in [1.54, 1.807) is 11.9 Å². The monoisotopic (exact) mass is 374 g/mol. The average molecular weight is 374 g/mol. The van der Waals surface area contributed by atoms with E-state index >= 15 is 0 Å². The van der Waals surface area contributed by atoms with Crippen LogP contribution in [0.25, 0.3) is 0 Å². The molecule has 2 aromatic rings. The van der Waals surface area contributed by atoms with Crippen LogP contribution in [0.15, 0.2) is 62.9 Å². The molecule has 0 fully saturated rings. The van der Waals surface area contributed by atoms with Crippen LogP contribution in [0, 0.1) is 23.0 Å². The number of carbonyl (C=O) groups excluding carboxylic acids is 1. The molecule has 0 aromatic heterocycles. The van der Waals surface area contributed by atoms with E-state index in [2.05, 4.69) is 0 Å². The summed E-state index contributed by atoms with van der Waals surface area (Å²) in [6, 6.07) is 12.8. The normalized spacial score (nSPS) is 14.9. The lowest BCUT2D eigenvalue weighted by Crippen LogP contribution is -2.16. The number of para-hydroxylation sites is 1. The minimum absolute atomic E-state index is 0.0405. The van der Waals surface area contributed by atoms with Gasteiger partial charge in [0.2, 0.25) is 0 Å². The minimum atomic E-state index is -0.719. The summed E-state index contributed by atoms with van der Waals surface area (Å²) >= 11 is 2.31. The number of thioether (sulfide) groups is 2. The number of benzene rings is 2. The van der Waals surface area contributed by atoms with Gasteiger partial charge >= 0.3 is 0 Å². The number of rotatable bonds is 4. The summed E-state index contributed by atoms with van der Waals surface area (Å²) < 4.78 is 26.6. The molecule has 1 aliphatic rings. The van der Waals surface area contributed by atoms with Crippen molar-refractivity contribution in [3.05, 3.63) is 64.7 Å². The lowest BCUT2D eigenvalue weighted by Gasteiger charge is -2.14. The van der Waals surface area contributed by atoms with Gasteiger partial charge in [-0.2, -0.15) is 5.26 Å². The van der Waals surface area contributed by atoms with Crippen LogP contribution < -0.4 is 4.90 Å². The summed E-state index contributed by atoms with van der Waals surface area (Å²) in [5.74, 6) is -1.88. The summed E-state index contributed by atoms with van der Waals surface area (Å²) in [6.45, 7) is 0. The number of halogens is 2. The first-order valence-electron chi connectivity index (χ1n) is 7.27. The fraction of sp³-hybridized carbons (Fsp3) is 0.111. The number of hydrogen-bond acceptors (Lipinski definition) is 5. The smallest absolute Gasteiger partial charge is 0.186 e. The van der Waals surface area contributed by atoms with Gasteiger partial charge in [-0.1, -0.05) is 23.9 Å². The minimum Gasteiger partial charge on any atom is -0.337 e. The fourth-order valence-corrected chi connectivity index (χ4v) is 4.31. The molecule has 2 aromatic carbocycles. The molecule has 0 spiro atoms. The Morgan fingerprint density at radius 3 is 2.72 bits per heavy atom. The van der Waals surface area contributed by atoms with Crippen LogP contribution >= 0.6 is 23.5 Å². The second-order valence-corrected chi connectivity index (χ2v) is 7.26. The number of anilines is 1. The maximum atomic E-state index is 13.7. The molecule has 1 heterocycles. The molecule has 1 aliphatic heterocycles. The van der Waals surface area contributed by atoms with Gasteiger partial charge in [-0.05, 0) is 24.3 Å². The van der Waals surface area contributed by atoms with Crippen LogP contribution in [0.5, 0.6) is 0 Å². The standard InChI is InChI=1S/C18H12F2N2OS2/c1-22-14-4-2-3-5-17(14)25-18(22)12(9-21)15(23)10-24-16-7-6-11(19)8-13(16)20/h2-8H,10H2,1H3/b18-12-. The summed E-state index contributed by atoms with van der Waals surface area (Å²) in [6.07, 6.45) is 0. The summed E-state index contributed by atoms with van der Waals surface area (Å²) in [7, 11) is 1.80. The SMILES string of the molecule is CN1/C(=C(\C#N)C(=O)CSc2ccc(F)cc2F)Sc2ccccc21. The Morgan fingerprint density at radius 2 is 2.04 bits per heavy atom. The zero-order valence-electron chi connectivity index (χ0n) is 13.1. The molecule has 0 radical (unpaired) electrons. The highest BCUT2D eigenvalue weighted by Crippen LogP contribution is 2.46. The van der Waals surface area contributed by atoms with Crippen molar-refractivity contribution in [2.75, 3.05) is 17.7 Å². The molecule has 0 amide bonds. The van der Waals surface area contributed by atoms with E-state index in [9.17, 15) is 18.8 Å². The highest BCUT2D eigenvalue weighted by Gasteiger charge is 2.27. The molecule has 126 valence electrons. The van der Waals surface area contributed by atoms with E-state index in [0.29, 0.717) is 5.03 Å². The van der Waals surface area contributed by atoms with E-state index in [1.165, 1.54) is 17.8 Å². The van der Waals surface area contributed by atoms with Gasteiger partial charge in [-0.25, -0.2) is 8.78 Å².